The van der Waals surface area contributed by atoms with E-state index in [0.29, 0.717) is 29.9 Å². The molecule has 1 aromatic carbocycles. The van der Waals surface area contributed by atoms with Crippen LogP contribution in [0.4, 0.5) is 0 Å². The monoisotopic (exact) mass is 463 g/mol. The summed E-state index contributed by atoms with van der Waals surface area (Å²) in [6.45, 7) is 11.0. The van der Waals surface area contributed by atoms with Gasteiger partial charge in [-0.05, 0) is 79.5 Å². The van der Waals surface area contributed by atoms with Crippen LogP contribution in [0.3, 0.4) is 0 Å². The highest BCUT2D eigenvalue weighted by Crippen LogP contribution is 2.83. The Hall–Kier alpha value is -1.69. The van der Waals surface area contributed by atoms with Crippen LogP contribution in [-0.4, -0.2) is 58.5 Å². The van der Waals surface area contributed by atoms with E-state index < -0.39 is 12.2 Å². The molecule has 1 aliphatic heterocycles. The van der Waals surface area contributed by atoms with Crippen molar-refractivity contribution in [1.29, 1.82) is 0 Å². The Morgan fingerprint density at radius 2 is 1.97 bits per heavy atom. The van der Waals surface area contributed by atoms with E-state index in [1.807, 2.05) is 30.3 Å². The number of benzene rings is 1. The zero-order chi connectivity index (χ0) is 23.6. The van der Waals surface area contributed by atoms with Crippen molar-refractivity contribution >= 4 is 5.97 Å². The normalized spacial score (nSPS) is 52.5. The van der Waals surface area contributed by atoms with Gasteiger partial charge in [-0.2, -0.15) is 0 Å². The predicted octanol–water partition coefficient (Wildman–Crippen LogP) is 3.66. The van der Waals surface area contributed by atoms with Crippen LogP contribution >= 0.6 is 0 Å². The topological polar surface area (TPSA) is 70.0 Å². The van der Waals surface area contributed by atoms with Crippen molar-refractivity contribution in [3.63, 3.8) is 0 Å². The van der Waals surface area contributed by atoms with Crippen molar-refractivity contribution in [2.75, 3.05) is 13.1 Å². The number of piperidine rings is 1. The molecule has 5 saturated carbocycles. The number of fused-ring (bicyclic) bond motifs is 1. The lowest BCUT2D eigenvalue weighted by atomic mass is 9.43. The molecule has 34 heavy (non-hydrogen) atoms. The van der Waals surface area contributed by atoms with Crippen LogP contribution in [0.5, 0.6) is 0 Å². The summed E-state index contributed by atoms with van der Waals surface area (Å²) in [5.41, 5.74) is 1.17. The van der Waals surface area contributed by atoms with Gasteiger partial charge in [0.25, 0.3) is 0 Å². The summed E-state index contributed by atoms with van der Waals surface area (Å²) in [6.07, 6.45) is 3.34. The van der Waals surface area contributed by atoms with Gasteiger partial charge in [0, 0.05) is 29.3 Å². The summed E-state index contributed by atoms with van der Waals surface area (Å²) in [6, 6.07) is 9.64. The number of rotatable bonds is 3. The Labute approximate surface area is 202 Å². The van der Waals surface area contributed by atoms with Crippen molar-refractivity contribution in [2.45, 2.75) is 70.3 Å². The molecule has 7 rings (SSSR count). The molecule has 5 nitrogen and oxygen atoms in total. The predicted molar refractivity (Wildman–Crippen MR) is 128 cm³/mol. The molecule has 2 N–H and O–H groups in total. The summed E-state index contributed by atoms with van der Waals surface area (Å²) < 4.78 is 6.50. The summed E-state index contributed by atoms with van der Waals surface area (Å²) in [4.78, 5) is 16.0. The Bertz CT molecular complexity index is 1060. The van der Waals surface area contributed by atoms with Crippen LogP contribution in [0, 0.1) is 39.9 Å². The molecular weight excluding hydrogens is 426 g/mol. The minimum atomic E-state index is -0.567. The summed E-state index contributed by atoms with van der Waals surface area (Å²) in [5.74, 6) is 0.735. The third-order valence-electron chi connectivity index (χ3n) is 11.8. The molecule has 5 heteroatoms. The van der Waals surface area contributed by atoms with Gasteiger partial charge >= 0.3 is 5.97 Å². The van der Waals surface area contributed by atoms with Gasteiger partial charge in [-0.25, -0.2) is 4.79 Å². The van der Waals surface area contributed by atoms with E-state index in [9.17, 15) is 15.0 Å². The fourth-order valence-electron chi connectivity index (χ4n) is 10.9. The van der Waals surface area contributed by atoms with E-state index >= 15 is 0 Å². The van der Waals surface area contributed by atoms with E-state index in [0.717, 1.165) is 44.3 Å². The average Bonchev–Trinajstić information content (AvgIpc) is 3.36. The highest BCUT2D eigenvalue weighted by molar-refractivity contribution is 5.89. The van der Waals surface area contributed by atoms with E-state index in [4.69, 9.17) is 4.74 Å². The molecule has 0 aromatic heterocycles. The second kappa shape index (κ2) is 6.74. The molecule has 5 aliphatic carbocycles. The van der Waals surface area contributed by atoms with Gasteiger partial charge in [0.05, 0.1) is 17.8 Å². The second-order valence-electron chi connectivity index (χ2n) is 12.6. The Balaban J connectivity index is 1.39. The number of hydrogen-bond acceptors (Lipinski definition) is 5. The molecule has 0 amide bonds. The smallest absolute Gasteiger partial charge is 0.338 e. The zero-order valence-corrected chi connectivity index (χ0v) is 20.3. The van der Waals surface area contributed by atoms with E-state index in [1.165, 1.54) is 0 Å². The maximum Gasteiger partial charge on any atom is 0.338 e. The van der Waals surface area contributed by atoms with Gasteiger partial charge in [0.2, 0.25) is 0 Å². The number of carbonyl (C=O) groups is 1. The number of aliphatic hydroxyl groups is 2. The van der Waals surface area contributed by atoms with E-state index in [-0.39, 0.29) is 40.2 Å². The standard InChI is InChI=1S/C29H37NO4/c1-4-30-15-27(3)11-10-23(34-26(33)17-8-6-5-7-9-17)29-21(27)12-19(24(29)30)28-14-18(16(2)25(28)32)20(31)13-22(28)29/h5-9,18-25,31-32H,2,4,10-15H2,1,3H3/t18-,19-,20-,21+,22+,23-,24+,25+,27-,28-,29-/m0/s1. The number of likely N-dealkylation sites (tertiary alicyclic amines) is 1. The largest absolute Gasteiger partial charge is 0.458 e. The van der Waals surface area contributed by atoms with Crippen molar-refractivity contribution in [2.24, 2.45) is 39.9 Å². The van der Waals surface area contributed by atoms with Gasteiger partial charge in [-0.15, -0.1) is 0 Å². The maximum atomic E-state index is 13.4. The first-order valence-electron chi connectivity index (χ1n) is 13.3. The Kier molecular flexibility index (Phi) is 4.28. The molecule has 0 radical (unpaired) electrons. The molecule has 1 saturated heterocycles. The molecule has 6 fully saturated rings. The maximum absolute atomic E-state index is 13.4. The van der Waals surface area contributed by atoms with Crippen LogP contribution in [0.2, 0.25) is 0 Å². The number of ether oxygens (including phenoxy) is 1. The lowest BCUT2D eigenvalue weighted by Crippen LogP contribution is -2.69. The summed E-state index contributed by atoms with van der Waals surface area (Å²) >= 11 is 0. The molecule has 1 heterocycles. The van der Waals surface area contributed by atoms with Crippen LogP contribution in [0.1, 0.15) is 56.3 Å². The molecule has 182 valence electrons. The number of nitrogens with zero attached hydrogens (tertiary/aromatic N) is 1. The SMILES string of the molecule is C=C1[C@@H](O)[C@]23C[C@@H]1[C@@H](O)C[C@H]2[C@@]12[C@@H](OC(=O)c4ccccc4)CC[C@@]4(C)CN(CC)[C@@H]1[C@@H]3C[C@H]42. The van der Waals surface area contributed by atoms with Crippen LogP contribution < -0.4 is 0 Å². The van der Waals surface area contributed by atoms with Crippen LogP contribution in [0.15, 0.2) is 42.5 Å². The molecule has 11 atom stereocenters. The van der Waals surface area contributed by atoms with Gasteiger partial charge in [-0.3, -0.25) is 4.90 Å². The Morgan fingerprint density at radius 1 is 1.21 bits per heavy atom. The van der Waals surface area contributed by atoms with E-state index in [2.05, 4.69) is 25.3 Å². The number of carbonyl (C=O) groups excluding carboxylic acids is 1. The minimum Gasteiger partial charge on any atom is -0.458 e. The fraction of sp³-hybridized carbons (Fsp3) is 0.690. The first kappa shape index (κ1) is 21.6. The number of hydrogen-bond donors (Lipinski definition) is 2. The molecule has 1 aromatic rings. The van der Waals surface area contributed by atoms with Crippen LogP contribution in [-0.2, 0) is 4.74 Å². The highest BCUT2D eigenvalue weighted by atomic mass is 16.5. The third-order valence-corrected chi connectivity index (χ3v) is 11.8. The summed E-state index contributed by atoms with van der Waals surface area (Å²) in [5, 5.41) is 23.0. The fourth-order valence-corrected chi connectivity index (χ4v) is 10.9. The molecule has 6 aliphatic rings. The van der Waals surface area contributed by atoms with Crippen LogP contribution in [0.25, 0.3) is 0 Å². The summed E-state index contributed by atoms with van der Waals surface area (Å²) in [7, 11) is 0. The highest BCUT2D eigenvalue weighted by Gasteiger charge is 2.85. The molecule has 7 bridgehead atoms. The zero-order valence-electron chi connectivity index (χ0n) is 20.3. The lowest BCUT2D eigenvalue weighted by molar-refractivity contribution is -0.218. The average molecular weight is 464 g/mol. The van der Waals surface area contributed by atoms with Gasteiger partial charge in [-0.1, -0.05) is 38.6 Å². The molecule has 0 unspecified atom stereocenters. The van der Waals surface area contributed by atoms with Gasteiger partial charge < -0.3 is 14.9 Å². The number of esters is 1. The van der Waals surface area contributed by atoms with E-state index in [1.54, 1.807) is 0 Å². The molecular formula is C29H37NO4. The van der Waals surface area contributed by atoms with Gasteiger partial charge in [0.15, 0.2) is 0 Å². The quantitative estimate of drug-likeness (QED) is 0.529. The minimum absolute atomic E-state index is 0.00257. The molecule has 2 spiro atoms. The lowest BCUT2D eigenvalue weighted by Gasteiger charge is -2.65. The van der Waals surface area contributed by atoms with Crippen molar-refractivity contribution in [3.8, 4) is 0 Å². The third kappa shape index (κ3) is 2.22. The van der Waals surface area contributed by atoms with Gasteiger partial charge in [0.1, 0.15) is 6.10 Å². The van der Waals surface area contributed by atoms with Crippen molar-refractivity contribution < 1.29 is 19.7 Å². The Morgan fingerprint density at radius 3 is 2.71 bits per heavy atom. The second-order valence-corrected chi connectivity index (χ2v) is 12.6. The first-order valence-corrected chi connectivity index (χ1v) is 13.3. The van der Waals surface area contributed by atoms with Crippen molar-refractivity contribution in [3.05, 3.63) is 48.0 Å². The first-order chi connectivity index (χ1) is 16.3. The number of aliphatic hydroxyl groups excluding tert-OH is 2. The van der Waals surface area contributed by atoms with Crippen molar-refractivity contribution in [1.82, 2.24) is 4.90 Å².